The Balaban J connectivity index is 1.52. The van der Waals surface area contributed by atoms with E-state index in [0.29, 0.717) is 36.2 Å². The average molecular weight is 365 g/mol. The lowest BCUT2D eigenvalue weighted by Crippen LogP contribution is -2.28. The summed E-state index contributed by atoms with van der Waals surface area (Å²) in [4.78, 5) is 20.7. The fourth-order valence-electron chi connectivity index (χ4n) is 2.42. The van der Waals surface area contributed by atoms with Gasteiger partial charge in [-0.05, 0) is 31.2 Å². The van der Waals surface area contributed by atoms with Crippen LogP contribution in [0, 0.1) is 6.92 Å². The Morgan fingerprint density at radius 1 is 1.15 bits per heavy atom. The van der Waals surface area contributed by atoms with E-state index in [-0.39, 0.29) is 11.8 Å². The summed E-state index contributed by atoms with van der Waals surface area (Å²) in [5, 5.41) is 10.0. The van der Waals surface area contributed by atoms with Crippen molar-refractivity contribution in [2.24, 2.45) is 0 Å². The van der Waals surface area contributed by atoms with Gasteiger partial charge in [-0.2, -0.15) is 4.98 Å². The van der Waals surface area contributed by atoms with Crippen LogP contribution in [0.5, 0.6) is 0 Å². The molecule has 0 aliphatic heterocycles. The highest BCUT2D eigenvalue weighted by Crippen LogP contribution is 2.21. The zero-order valence-electron chi connectivity index (χ0n) is 15.7. The van der Waals surface area contributed by atoms with Crippen LogP contribution in [0.3, 0.4) is 0 Å². The Kier molecular flexibility index (Phi) is 5.80. The van der Waals surface area contributed by atoms with Gasteiger partial charge in [0.25, 0.3) is 11.8 Å². The van der Waals surface area contributed by atoms with E-state index in [4.69, 9.17) is 4.52 Å². The van der Waals surface area contributed by atoms with Crippen LogP contribution in [0.4, 0.5) is 5.82 Å². The van der Waals surface area contributed by atoms with Crippen molar-refractivity contribution in [3.05, 3.63) is 59.5 Å². The minimum Gasteiger partial charge on any atom is -0.368 e. The highest BCUT2D eigenvalue weighted by Gasteiger charge is 2.12. The fourth-order valence-corrected chi connectivity index (χ4v) is 2.42. The molecule has 2 heterocycles. The molecule has 0 aliphatic rings. The van der Waals surface area contributed by atoms with Crippen LogP contribution in [0.1, 0.15) is 41.5 Å². The van der Waals surface area contributed by atoms with Gasteiger partial charge in [0.2, 0.25) is 0 Å². The topological polar surface area (TPSA) is 92.9 Å². The summed E-state index contributed by atoms with van der Waals surface area (Å²) >= 11 is 0. The summed E-state index contributed by atoms with van der Waals surface area (Å²) in [6, 6.07) is 11.1. The lowest BCUT2D eigenvalue weighted by Gasteiger charge is -2.08. The van der Waals surface area contributed by atoms with E-state index in [1.165, 1.54) is 0 Å². The molecular weight excluding hydrogens is 342 g/mol. The maximum absolute atomic E-state index is 12.1. The van der Waals surface area contributed by atoms with E-state index in [1.54, 1.807) is 6.20 Å². The molecule has 0 unspecified atom stereocenters. The second-order valence-corrected chi connectivity index (χ2v) is 6.59. The van der Waals surface area contributed by atoms with Gasteiger partial charge in [0.15, 0.2) is 5.82 Å². The number of nitrogens with zero attached hydrogens (tertiary/aromatic N) is 3. The molecule has 2 N–H and O–H groups in total. The molecule has 0 aliphatic carbocycles. The third kappa shape index (κ3) is 4.91. The van der Waals surface area contributed by atoms with Crippen molar-refractivity contribution in [2.45, 2.75) is 26.7 Å². The Morgan fingerprint density at radius 2 is 1.93 bits per heavy atom. The lowest BCUT2D eigenvalue weighted by atomic mass is 10.1. The molecule has 0 bridgehead atoms. The number of amides is 1. The van der Waals surface area contributed by atoms with Gasteiger partial charge in [0.1, 0.15) is 5.82 Å². The standard InChI is InChI=1S/C20H23N5O2/c1-13(2)18-24-20(27-25-18)16-8-9-21-17(12-16)22-10-11-23-19(26)15-6-4-14(3)5-7-15/h4-9,12-13H,10-11H2,1-3H3,(H,21,22)(H,23,26). The number of hydrogen-bond acceptors (Lipinski definition) is 6. The van der Waals surface area contributed by atoms with Gasteiger partial charge in [0.05, 0.1) is 0 Å². The smallest absolute Gasteiger partial charge is 0.258 e. The predicted octanol–water partition coefficient (Wildman–Crippen LogP) is 3.41. The first-order chi connectivity index (χ1) is 13.0. The average Bonchev–Trinajstić information content (AvgIpc) is 3.16. The van der Waals surface area contributed by atoms with Gasteiger partial charge in [-0.15, -0.1) is 0 Å². The lowest BCUT2D eigenvalue weighted by molar-refractivity contribution is 0.0955. The quantitative estimate of drug-likeness (QED) is 0.623. The number of nitrogens with one attached hydrogen (secondary N) is 2. The number of pyridine rings is 1. The zero-order valence-corrected chi connectivity index (χ0v) is 15.7. The van der Waals surface area contributed by atoms with Crippen LogP contribution in [0.25, 0.3) is 11.5 Å². The van der Waals surface area contributed by atoms with Gasteiger partial charge in [-0.3, -0.25) is 4.79 Å². The third-order valence-corrected chi connectivity index (χ3v) is 4.00. The van der Waals surface area contributed by atoms with E-state index in [1.807, 2.05) is 57.2 Å². The van der Waals surface area contributed by atoms with Crippen molar-refractivity contribution in [3.63, 3.8) is 0 Å². The molecule has 7 nitrogen and oxygen atoms in total. The van der Waals surface area contributed by atoms with Crippen molar-refractivity contribution >= 4 is 11.7 Å². The van der Waals surface area contributed by atoms with Crippen molar-refractivity contribution in [2.75, 3.05) is 18.4 Å². The first-order valence-corrected chi connectivity index (χ1v) is 8.91. The van der Waals surface area contributed by atoms with E-state index in [0.717, 1.165) is 11.1 Å². The van der Waals surface area contributed by atoms with E-state index in [2.05, 4.69) is 25.8 Å². The number of carbonyl (C=O) groups excluding carboxylic acids is 1. The highest BCUT2D eigenvalue weighted by atomic mass is 16.5. The minimum absolute atomic E-state index is 0.0921. The number of rotatable bonds is 7. The van der Waals surface area contributed by atoms with Gasteiger partial charge < -0.3 is 15.2 Å². The third-order valence-electron chi connectivity index (χ3n) is 4.00. The van der Waals surface area contributed by atoms with Crippen molar-refractivity contribution in [3.8, 4) is 11.5 Å². The Labute approximate surface area is 158 Å². The molecule has 0 spiro atoms. The van der Waals surface area contributed by atoms with Crippen molar-refractivity contribution in [1.82, 2.24) is 20.4 Å². The largest absolute Gasteiger partial charge is 0.368 e. The monoisotopic (exact) mass is 365 g/mol. The Morgan fingerprint density at radius 3 is 2.63 bits per heavy atom. The number of hydrogen-bond donors (Lipinski definition) is 2. The summed E-state index contributed by atoms with van der Waals surface area (Å²) in [6.45, 7) is 7.05. The predicted molar refractivity (Wildman–Crippen MR) is 104 cm³/mol. The maximum atomic E-state index is 12.1. The summed E-state index contributed by atoms with van der Waals surface area (Å²) in [5.41, 5.74) is 2.58. The first-order valence-electron chi connectivity index (χ1n) is 8.91. The van der Waals surface area contributed by atoms with Crippen molar-refractivity contribution in [1.29, 1.82) is 0 Å². The summed E-state index contributed by atoms with van der Waals surface area (Å²) in [6.07, 6.45) is 1.68. The molecule has 1 amide bonds. The molecule has 0 fully saturated rings. The van der Waals surface area contributed by atoms with Crippen LogP contribution in [0.15, 0.2) is 47.1 Å². The molecule has 3 rings (SSSR count). The number of carbonyl (C=O) groups is 1. The van der Waals surface area contributed by atoms with E-state index in [9.17, 15) is 4.79 Å². The summed E-state index contributed by atoms with van der Waals surface area (Å²) in [7, 11) is 0. The molecular formula is C20H23N5O2. The molecule has 0 saturated heterocycles. The van der Waals surface area contributed by atoms with Crippen LogP contribution in [0.2, 0.25) is 0 Å². The normalized spacial score (nSPS) is 10.8. The van der Waals surface area contributed by atoms with Gasteiger partial charge >= 0.3 is 0 Å². The van der Waals surface area contributed by atoms with Crippen LogP contribution in [-0.2, 0) is 0 Å². The number of anilines is 1. The van der Waals surface area contributed by atoms with Gasteiger partial charge in [-0.1, -0.05) is 36.7 Å². The molecule has 0 radical (unpaired) electrons. The maximum Gasteiger partial charge on any atom is 0.258 e. The SMILES string of the molecule is Cc1ccc(C(=O)NCCNc2cc(-c3nc(C(C)C)no3)ccn2)cc1. The molecule has 7 heteroatoms. The van der Waals surface area contributed by atoms with Crippen molar-refractivity contribution < 1.29 is 9.32 Å². The minimum atomic E-state index is -0.0921. The van der Waals surface area contributed by atoms with Crippen LogP contribution in [-0.4, -0.2) is 34.1 Å². The molecule has 0 saturated carbocycles. The molecule has 27 heavy (non-hydrogen) atoms. The second kappa shape index (κ2) is 8.44. The fraction of sp³-hybridized carbons (Fsp3) is 0.300. The molecule has 3 aromatic rings. The van der Waals surface area contributed by atoms with E-state index < -0.39 is 0 Å². The van der Waals surface area contributed by atoms with Crippen LogP contribution < -0.4 is 10.6 Å². The number of benzene rings is 1. The molecule has 0 atom stereocenters. The summed E-state index contributed by atoms with van der Waals surface area (Å²) in [5.74, 6) is 1.94. The molecule has 140 valence electrons. The zero-order chi connectivity index (χ0) is 19.2. The number of aryl methyl sites for hydroxylation is 1. The number of aromatic nitrogens is 3. The van der Waals surface area contributed by atoms with Crippen LogP contribution >= 0.6 is 0 Å². The van der Waals surface area contributed by atoms with E-state index >= 15 is 0 Å². The second-order valence-electron chi connectivity index (χ2n) is 6.59. The highest BCUT2D eigenvalue weighted by molar-refractivity contribution is 5.94. The Bertz CT molecular complexity index is 903. The first kappa shape index (κ1) is 18.6. The Hall–Kier alpha value is -3.22. The molecule has 2 aromatic heterocycles. The van der Waals surface area contributed by atoms with Gasteiger partial charge in [0, 0.05) is 36.3 Å². The molecule has 1 aromatic carbocycles. The summed E-state index contributed by atoms with van der Waals surface area (Å²) < 4.78 is 5.31. The van der Waals surface area contributed by atoms with Gasteiger partial charge in [-0.25, -0.2) is 4.98 Å².